The first-order valence-electron chi connectivity index (χ1n) is 5.91. The van der Waals surface area contributed by atoms with Gasteiger partial charge in [-0.15, -0.1) is 0 Å². The molecule has 2 aromatic heterocycles. The molecular weight excluding hydrogens is 388 g/mol. The number of aromatic amines is 1. The van der Waals surface area contributed by atoms with Gasteiger partial charge >= 0.3 is 5.97 Å². The summed E-state index contributed by atoms with van der Waals surface area (Å²) in [6.45, 7) is 2.47. The number of aromatic nitrogens is 2. The maximum Gasteiger partial charge on any atom is 0.372 e. The zero-order valence-electron chi connectivity index (χ0n) is 11.1. The van der Waals surface area contributed by atoms with Crippen LogP contribution in [0.25, 0.3) is 11.1 Å². The summed E-state index contributed by atoms with van der Waals surface area (Å²) in [6.07, 6.45) is 7.52. The van der Waals surface area contributed by atoms with Crippen molar-refractivity contribution in [2.24, 2.45) is 0 Å². The molecule has 2 heterocycles. The van der Waals surface area contributed by atoms with Gasteiger partial charge in [-0.05, 0) is 18.1 Å². The lowest BCUT2D eigenvalue weighted by molar-refractivity contribution is -0.685. The molecule has 0 aliphatic heterocycles. The van der Waals surface area contributed by atoms with Gasteiger partial charge in [-0.2, -0.15) is 4.57 Å². The van der Waals surface area contributed by atoms with Crippen LogP contribution in [0, 0.1) is 0 Å². The fourth-order valence-electron chi connectivity index (χ4n) is 1.69. The Hall–Kier alpha value is -1.27. The highest BCUT2D eigenvalue weighted by Crippen LogP contribution is 2.14. The quantitative estimate of drug-likeness (QED) is 0.379. The molecule has 2 rings (SSSR count). The van der Waals surface area contributed by atoms with Crippen LogP contribution < -0.4 is 43.5 Å². The lowest BCUT2D eigenvalue weighted by Crippen LogP contribution is -3.00. The van der Waals surface area contributed by atoms with E-state index in [1.807, 2.05) is 49.1 Å². The van der Waals surface area contributed by atoms with Crippen molar-refractivity contribution in [3.63, 3.8) is 0 Å². The number of hydrogen-bond donors (Lipinski definition) is 0. The van der Waals surface area contributed by atoms with Crippen LogP contribution in [0.5, 0.6) is 0 Å². The van der Waals surface area contributed by atoms with Crippen molar-refractivity contribution in [3.8, 4) is 11.1 Å². The largest absolute Gasteiger partial charge is 1.00 e. The number of carbonyl (C=O) groups excluding carboxylic acids is 1. The molecule has 0 aromatic carbocycles. The Kier molecular flexibility index (Phi) is 9.00. The third-order valence-corrected chi connectivity index (χ3v) is 2.56. The molecule has 0 saturated carbocycles. The number of nitrogens with zero attached hydrogens (tertiary/aromatic N) is 1. The molecule has 0 radical (unpaired) electrons. The van der Waals surface area contributed by atoms with Crippen molar-refractivity contribution in [1.82, 2.24) is 0 Å². The minimum atomic E-state index is -0.218. The minimum absolute atomic E-state index is 0. The van der Waals surface area contributed by atoms with Crippen LogP contribution in [-0.2, 0) is 16.1 Å². The smallest absolute Gasteiger partial charge is 0.372 e. The Morgan fingerprint density at radius 1 is 1.10 bits per heavy atom. The molecule has 2 aromatic rings. The van der Waals surface area contributed by atoms with Crippen LogP contribution in [0.1, 0.15) is 6.92 Å². The number of esters is 1. The van der Waals surface area contributed by atoms with Gasteiger partial charge in [0.25, 0.3) is 0 Å². The second-order valence-electron chi connectivity index (χ2n) is 3.85. The highest BCUT2D eigenvalue weighted by Gasteiger charge is 2.10. The zero-order chi connectivity index (χ0) is 12.8. The molecule has 1 N–H and O–H groups in total. The SMILES string of the molecule is CCOC(=O)C[n+]1ccc(-c2cc[nH+]cc2)cc1.[Br-].[Br-]. The van der Waals surface area contributed by atoms with Gasteiger partial charge in [0.15, 0.2) is 24.8 Å². The molecule has 0 atom stereocenters. The molecular formula is C14H16Br2N2O2. The summed E-state index contributed by atoms with van der Waals surface area (Å²) in [7, 11) is 0. The van der Waals surface area contributed by atoms with E-state index in [2.05, 4.69) is 4.98 Å². The third kappa shape index (κ3) is 5.38. The topological polar surface area (TPSA) is 44.3 Å². The Morgan fingerprint density at radius 2 is 1.65 bits per heavy atom. The highest BCUT2D eigenvalue weighted by atomic mass is 79.9. The molecule has 0 aliphatic carbocycles. The second kappa shape index (κ2) is 9.61. The molecule has 108 valence electrons. The van der Waals surface area contributed by atoms with E-state index in [1.54, 1.807) is 11.5 Å². The summed E-state index contributed by atoms with van der Waals surface area (Å²) < 4.78 is 6.70. The molecule has 0 bridgehead atoms. The van der Waals surface area contributed by atoms with Crippen LogP contribution in [0.3, 0.4) is 0 Å². The van der Waals surface area contributed by atoms with Crippen LogP contribution in [0.4, 0.5) is 0 Å². The minimum Gasteiger partial charge on any atom is -1.00 e. The Labute approximate surface area is 139 Å². The molecule has 0 aliphatic rings. The molecule has 0 amide bonds. The average molecular weight is 404 g/mol. The molecule has 6 heteroatoms. The van der Waals surface area contributed by atoms with Gasteiger partial charge in [0.1, 0.15) is 0 Å². The molecule has 4 nitrogen and oxygen atoms in total. The third-order valence-electron chi connectivity index (χ3n) is 2.56. The number of hydrogen-bond acceptors (Lipinski definition) is 2. The normalized spacial score (nSPS) is 9.05. The fourth-order valence-corrected chi connectivity index (χ4v) is 1.69. The summed E-state index contributed by atoms with van der Waals surface area (Å²) in [5.41, 5.74) is 2.25. The van der Waals surface area contributed by atoms with E-state index in [0.717, 1.165) is 11.1 Å². The van der Waals surface area contributed by atoms with Crippen LogP contribution >= 0.6 is 0 Å². The van der Waals surface area contributed by atoms with Crippen LogP contribution in [0.2, 0.25) is 0 Å². The van der Waals surface area contributed by atoms with E-state index < -0.39 is 0 Å². The highest BCUT2D eigenvalue weighted by molar-refractivity contribution is 5.67. The summed E-state index contributed by atoms with van der Waals surface area (Å²) in [5.74, 6) is -0.218. The average Bonchev–Trinajstić information content (AvgIpc) is 2.41. The van der Waals surface area contributed by atoms with Gasteiger partial charge in [-0.1, -0.05) is 0 Å². The van der Waals surface area contributed by atoms with Gasteiger partial charge in [-0.25, -0.2) is 9.78 Å². The lowest BCUT2D eigenvalue weighted by atomic mass is 10.1. The number of H-pyrrole nitrogens is 1. The maximum atomic E-state index is 11.3. The van der Waals surface area contributed by atoms with Crippen LogP contribution in [0.15, 0.2) is 49.1 Å². The van der Waals surface area contributed by atoms with E-state index in [0.29, 0.717) is 6.61 Å². The summed E-state index contributed by atoms with van der Waals surface area (Å²) in [4.78, 5) is 14.3. The summed E-state index contributed by atoms with van der Waals surface area (Å²) >= 11 is 0. The fraction of sp³-hybridized carbons (Fsp3) is 0.214. The van der Waals surface area contributed by atoms with Crippen molar-refractivity contribution < 1.29 is 53.0 Å². The summed E-state index contributed by atoms with van der Waals surface area (Å²) in [5, 5.41) is 0. The monoisotopic (exact) mass is 402 g/mol. The van der Waals surface area contributed by atoms with Gasteiger partial charge in [0.05, 0.1) is 6.61 Å². The van der Waals surface area contributed by atoms with Gasteiger partial charge in [0.2, 0.25) is 6.54 Å². The lowest BCUT2D eigenvalue weighted by Gasteiger charge is -2.00. The van der Waals surface area contributed by atoms with E-state index in [-0.39, 0.29) is 46.5 Å². The van der Waals surface area contributed by atoms with E-state index >= 15 is 0 Å². The Morgan fingerprint density at radius 3 is 2.20 bits per heavy atom. The molecule has 0 saturated heterocycles. The first-order chi connectivity index (χ1) is 8.79. The standard InChI is InChI=1S/C14H15N2O2.2BrH/c1-2-18-14(17)11-16-9-5-13(6-10-16)12-3-7-15-8-4-12;;/h3-10H,2,11H2,1H3;2*1H/q+1;;/p-1. The predicted octanol–water partition coefficient (Wildman–Crippen LogP) is -4.97. The number of halogens is 2. The number of rotatable bonds is 4. The molecule has 0 spiro atoms. The second-order valence-corrected chi connectivity index (χ2v) is 3.85. The number of carbonyl (C=O) groups is 1. The molecule has 0 fully saturated rings. The first kappa shape index (κ1) is 18.7. The van der Waals surface area contributed by atoms with E-state index in [1.165, 1.54) is 0 Å². The van der Waals surface area contributed by atoms with E-state index in [4.69, 9.17) is 4.74 Å². The zero-order valence-corrected chi connectivity index (χ0v) is 14.2. The maximum absolute atomic E-state index is 11.3. The number of pyridine rings is 2. The molecule has 20 heavy (non-hydrogen) atoms. The van der Waals surface area contributed by atoms with Crippen molar-refractivity contribution in [2.45, 2.75) is 13.5 Å². The van der Waals surface area contributed by atoms with Crippen LogP contribution in [-0.4, -0.2) is 12.6 Å². The molecule has 0 unspecified atom stereocenters. The van der Waals surface area contributed by atoms with E-state index in [9.17, 15) is 4.79 Å². The van der Waals surface area contributed by atoms with Crippen molar-refractivity contribution in [1.29, 1.82) is 0 Å². The van der Waals surface area contributed by atoms with Gasteiger partial charge in [0, 0.05) is 24.3 Å². The first-order valence-corrected chi connectivity index (χ1v) is 5.91. The number of ether oxygens (including phenoxy) is 1. The predicted molar refractivity (Wildman–Crippen MR) is 65.3 cm³/mol. The number of nitrogens with one attached hydrogen (secondary N) is 1. The van der Waals surface area contributed by atoms with Crippen molar-refractivity contribution >= 4 is 5.97 Å². The van der Waals surface area contributed by atoms with Crippen molar-refractivity contribution in [2.75, 3.05) is 6.61 Å². The van der Waals surface area contributed by atoms with Gasteiger partial charge < -0.3 is 38.7 Å². The summed E-state index contributed by atoms with van der Waals surface area (Å²) in [6, 6.07) is 7.97. The Balaban J connectivity index is 0.00000180. The Bertz CT molecular complexity index is 518. The van der Waals surface area contributed by atoms with Gasteiger partial charge in [-0.3, -0.25) is 0 Å². The van der Waals surface area contributed by atoms with Crippen molar-refractivity contribution in [3.05, 3.63) is 49.1 Å².